The molecule has 2 rings (SSSR count). The van der Waals surface area contributed by atoms with Crippen LogP contribution in [0.4, 0.5) is 0 Å². The van der Waals surface area contributed by atoms with Gasteiger partial charge in [0.05, 0.1) is 0 Å². The molecular weight excluding hydrogens is 214 g/mol. The predicted molar refractivity (Wildman–Crippen MR) is 55.7 cm³/mol. The maximum atomic E-state index is 3.54. The highest BCUT2D eigenvalue weighted by Crippen LogP contribution is 2.36. The largest absolute Gasteiger partial charge is 0.299 e. The molecule has 2 fully saturated rings. The van der Waals surface area contributed by atoms with Crippen molar-refractivity contribution in [2.75, 3.05) is 18.4 Å². The molecule has 2 aliphatic rings. The van der Waals surface area contributed by atoms with Gasteiger partial charge in [-0.15, -0.1) is 0 Å². The van der Waals surface area contributed by atoms with E-state index in [1.165, 1.54) is 45.2 Å². The molecule has 0 N–H and O–H groups in total. The second-order valence-corrected chi connectivity index (χ2v) is 4.92. The van der Waals surface area contributed by atoms with E-state index >= 15 is 0 Å². The lowest BCUT2D eigenvalue weighted by Gasteiger charge is -2.37. The van der Waals surface area contributed by atoms with E-state index < -0.39 is 0 Å². The van der Waals surface area contributed by atoms with Crippen LogP contribution in [0.25, 0.3) is 0 Å². The van der Waals surface area contributed by atoms with E-state index in [-0.39, 0.29) is 0 Å². The molecule has 1 heterocycles. The van der Waals surface area contributed by atoms with Gasteiger partial charge in [0.15, 0.2) is 0 Å². The zero-order chi connectivity index (χ0) is 8.39. The Kier molecular flexibility index (Phi) is 3.08. The Hall–Kier alpha value is 0.440. The van der Waals surface area contributed by atoms with Crippen LogP contribution in [-0.2, 0) is 0 Å². The van der Waals surface area contributed by atoms with E-state index in [1.807, 2.05) is 0 Å². The minimum Gasteiger partial charge on any atom is -0.299 e. The monoisotopic (exact) mass is 231 g/mol. The van der Waals surface area contributed by atoms with Gasteiger partial charge < -0.3 is 0 Å². The Labute approximate surface area is 83.6 Å². The van der Waals surface area contributed by atoms with E-state index in [2.05, 4.69) is 20.8 Å². The normalized spacial score (nSPS) is 36.8. The van der Waals surface area contributed by atoms with Crippen LogP contribution in [-0.4, -0.2) is 29.4 Å². The zero-order valence-corrected chi connectivity index (χ0v) is 9.22. The van der Waals surface area contributed by atoms with E-state index in [0.29, 0.717) is 0 Å². The molecule has 2 atom stereocenters. The first-order valence-electron chi connectivity index (χ1n) is 5.22. The zero-order valence-electron chi connectivity index (χ0n) is 7.64. The maximum absolute atomic E-state index is 3.54. The summed E-state index contributed by atoms with van der Waals surface area (Å²) in [6, 6.07) is 0.955. The molecule has 0 radical (unpaired) electrons. The summed E-state index contributed by atoms with van der Waals surface area (Å²) in [6.07, 6.45) is 7.40. The van der Waals surface area contributed by atoms with Crippen LogP contribution in [0.5, 0.6) is 0 Å². The predicted octanol–water partition coefficient (Wildman–Crippen LogP) is 2.65. The molecule has 0 aromatic rings. The highest BCUT2D eigenvalue weighted by atomic mass is 79.9. The fraction of sp³-hybridized carbons (Fsp3) is 1.00. The van der Waals surface area contributed by atoms with Gasteiger partial charge in [0.25, 0.3) is 0 Å². The van der Waals surface area contributed by atoms with Gasteiger partial charge in [-0.25, -0.2) is 0 Å². The van der Waals surface area contributed by atoms with Crippen LogP contribution >= 0.6 is 15.9 Å². The Balaban J connectivity index is 1.94. The van der Waals surface area contributed by atoms with Crippen LogP contribution in [0.3, 0.4) is 0 Å². The first-order valence-corrected chi connectivity index (χ1v) is 6.34. The van der Waals surface area contributed by atoms with E-state index in [0.717, 1.165) is 17.3 Å². The summed E-state index contributed by atoms with van der Waals surface area (Å²) < 4.78 is 0. The van der Waals surface area contributed by atoms with Gasteiger partial charge in [-0.2, -0.15) is 0 Å². The molecule has 12 heavy (non-hydrogen) atoms. The highest BCUT2D eigenvalue weighted by molar-refractivity contribution is 9.09. The standard InChI is InChI=1S/C10H18BrN/c11-6-8-12-7-2-4-9-3-1-5-10(9)12/h9-10H,1-8H2. The molecule has 0 bridgehead atoms. The third-order valence-electron chi connectivity index (χ3n) is 3.48. The number of fused-ring (bicyclic) bond motifs is 1. The molecule has 1 saturated heterocycles. The van der Waals surface area contributed by atoms with Crippen molar-refractivity contribution in [2.45, 2.75) is 38.1 Å². The fourth-order valence-electron chi connectivity index (χ4n) is 2.94. The Morgan fingerprint density at radius 1 is 1.17 bits per heavy atom. The van der Waals surface area contributed by atoms with E-state index in [1.54, 1.807) is 0 Å². The molecule has 1 aliphatic carbocycles. The summed E-state index contributed by atoms with van der Waals surface area (Å²) in [5, 5.41) is 1.15. The number of nitrogens with zero attached hydrogens (tertiary/aromatic N) is 1. The molecule has 0 aromatic carbocycles. The van der Waals surface area contributed by atoms with Crippen molar-refractivity contribution in [2.24, 2.45) is 5.92 Å². The minimum atomic E-state index is 0.955. The van der Waals surface area contributed by atoms with Gasteiger partial charge in [-0.05, 0) is 38.1 Å². The molecule has 1 nitrogen and oxygen atoms in total. The van der Waals surface area contributed by atoms with Gasteiger partial charge in [0.1, 0.15) is 0 Å². The van der Waals surface area contributed by atoms with Crippen molar-refractivity contribution in [3.63, 3.8) is 0 Å². The van der Waals surface area contributed by atoms with Crippen molar-refractivity contribution < 1.29 is 0 Å². The van der Waals surface area contributed by atoms with Crippen molar-refractivity contribution in [1.29, 1.82) is 0 Å². The number of hydrogen-bond donors (Lipinski definition) is 0. The molecule has 0 spiro atoms. The molecule has 0 amide bonds. The molecule has 2 unspecified atom stereocenters. The SMILES string of the molecule is BrCCN1CCCC2CCCC21. The summed E-state index contributed by atoms with van der Waals surface area (Å²) in [7, 11) is 0. The molecule has 1 aliphatic heterocycles. The second kappa shape index (κ2) is 4.10. The smallest absolute Gasteiger partial charge is 0.0159 e. The molecule has 1 saturated carbocycles. The van der Waals surface area contributed by atoms with Crippen molar-refractivity contribution in [3.8, 4) is 0 Å². The van der Waals surface area contributed by atoms with Gasteiger partial charge in [0, 0.05) is 17.9 Å². The molecule has 0 aromatic heterocycles. The first-order chi connectivity index (χ1) is 5.92. The number of alkyl halides is 1. The summed E-state index contributed by atoms with van der Waals surface area (Å²) in [5.41, 5.74) is 0. The first kappa shape index (κ1) is 9.01. The topological polar surface area (TPSA) is 3.24 Å². The van der Waals surface area contributed by atoms with Gasteiger partial charge in [-0.1, -0.05) is 22.4 Å². The quantitative estimate of drug-likeness (QED) is 0.661. The van der Waals surface area contributed by atoms with Gasteiger partial charge in [0.2, 0.25) is 0 Å². The van der Waals surface area contributed by atoms with Gasteiger partial charge in [-0.3, -0.25) is 4.90 Å². The summed E-state index contributed by atoms with van der Waals surface area (Å²) in [5.74, 6) is 1.05. The lowest BCUT2D eigenvalue weighted by molar-refractivity contribution is 0.121. The van der Waals surface area contributed by atoms with E-state index in [4.69, 9.17) is 0 Å². The number of piperidine rings is 1. The van der Waals surface area contributed by atoms with Gasteiger partial charge >= 0.3 is 0 Å². The number of hydrogen-bond acceptors (Lipinski definition) is 1. The summed E-state index contributed by atoms with van der Waals surface area (Å²) in [6.45, 7) is 2.62. The second-order valence-electron chi connectivity index (χ2n) is 4.13. The Morgan fingerprint density at radius 3 is 2.83 bits per heavy atom. The molecule has 70 valence electrons. The third kappa shape index (κ3) is 1.69. The third-order valence-corrected chi connectivity index (χ3v) is 3.83. The fourth-order valence-corrected chi connectivity index (χ4v) is 3.40. The molecular formula is C10H18BrN. The average Bonchev–Trinajstić information content (AvgIpc) is 2.53. The van der Waals surface area contributed by atoms with Crippen molar-refractivity contribution in [1.82, 2.24) is 4.90 Å². The lowest BCUT2D eigenvalue weighted by atomic mass is 9.92. The van der Waals surface area contributed by atoms with Crippen LogP contribution in [0.2, 0.25) is 0 Å². The maximum Gasteiger partial charge on any atom is 0.0159 e. The van der Waals surface area contributed by atoms with Crippen molar-refractivity contribution >= 4 is 15.9 Å². The summed E-state index contributed by atoms with van der Waals surface area (Å²) in [4.78, 5) is 2.70. The van der Waals surface area contributed by atoms with E-state index in [9.17, 15) is 0 Å². The highest BCUT2D eigenvalue weighted by Gasteiger charge is 2.34. The van der Waals surface area contributed by atoms with Crippen LogP contribution in [0.15, 0.2) is 0 Å². The molecule has 2 heteroatoms. The number of rotatable bonds is 2. The number of likely N-dealkylation sites (tertiary alicyclic amines) is 1. The van der Waals surface area contributed by atoms with Crippen LogP contribution in [0, 0.1) is 5.92 Å². The Bertz CT molecular complexity index is 147. The lowest BCUT2D eigenvalue weighted by Crippen LogP contribution is -2.43. The average molecular weight is 232 g/mol. The van der Waals surface area contributed by atoms with Crippen molar-refractivity contribution in [3.05, 3.63) is 0 Å². The summed E-state index contributed by atoms with van der Waals surface area (Å²) >= 11 is 3.54. The number of halogens is 1. The Morgan fingerprint density at radius 2 is 2.00 bits per heavy atom. The minimum absolute atomic E-state index is 0.955. The van der Waals surface area contributed by atoms with Crippen LogP contribution < -0.4 is 0 Å². The van der Waals surface area contributed by atoms with Crippen LogP contribution in [0.1, 0.15) is 32.1 Å².